The molecule has 3 rings (SSSR count). The first-order chi connectivity index (χ1) is 11.3. The Morgan fingerprint density at radius 3 is 2.79 bits per heavy atom. The van der Waals surface area contributed by atoms with Crippen LogP contribution in [0, 0.1) is 12.7 Å². The Kier molecular flexibility index (Phi) is 4.07. The number of carbonyl (C=O) groups excluding carboxylic acids is 1. The number of benzene rings is 1. The van der Waals surface area contributed by atoms with E-state index in [-0.39, 0.29) is 23.3 Å². The minimum atomic E-state index is -0.341. The van der Waals surface area contributed by atoms with Crippen molar-refractivity contribution in [2.45, 2.75) is 45.7 Å². The van der Waals surface area contributed by atoms with Gasteiger partial charge in [-0.3, -0.25) is 9.48 Å². The highest BCUT2D eigenvalue weighted by atomic mass is 19.1. The van der Waals surface area contributed by atoms with Crippen molar-refractivity contribution in [3.8, 4) is 5.75 Å². The highest BCUT2D eigenvalue weighted by molar-refractivity contribution is 5.92. The second-order valence-corrected chi connectivity index (χ2v) is 7.10. The third kappa shape index (κ3) is 3.13. The third-order valence-corrected chi connectivity index (χ3v) is 4.07. The van der Waals surface area contributed by atoms with Crippen molar-refractivity contribution in [2.75, 3.05) is 6.61 Å². The van der Waals surface area contributed by atoms with Crippen molar-refractivity contribution < 1.29 is 13.9 Å². The van der Waals surface area contributed by atoms with E-state index in [1.807, 2.05) is 32.4 Å². The highest BCUT2D eigenvalue weighted by Crippen LogP contribution is 2.32. The van der Waals surface area contributed by atoms with Crippen molar-refractivity contribution in [1.29, 1.82) is 0 Å². The van der Waals surface area contributed by atoms with Gasteiger partial charge in [0.1, 0.15) is 17.3 Å². The molecule has 5 nitrogen and oxygen atoms in total. The first kappa shape index (κ1) is 16.5. The largest absolute Gasteiger partial charge is 0.493 e. The van der Waals surface area contributed by atoms with Crippen LogP contribution >= 0.6 is 0 Å². The topological polar surface area (TPSA) is 56.1 Å². The lowest BCUT2D eigenvalue weighted by molar-refractivity contribution is 0.0918. The van der Waals surface area contributed by atoms with E-state index in [9.17, 15) is 9.18 Å². The van der Waals surface area contributed by atoms with Crippen LogP contribution in [0.4, 0.5) is 4.39 Å². The highest BCUT2D eigenvalue weighted by Gasteiger charge is 2.26. The standard InChI is InChI=1S/C18H22FN3O2/c1-11-9-15(21-22(11)18(2,3)4)17(23)20-14-7-8-24-16-6-5-12(19)10-13(14)16/h5-6,9-10,14H,7-8H2,1-4H3,(H,20,23). The van der Waals surface area contributed by atoms with Gasteiger partial charge in [0, 0.05) is 17.7 Å². The zero-order chi connectivity index (χ0) is 17.5. The molecule has 0 fully saturated rings. The lowest BCUT2D eigenvalue weighted by atomic mass is 10.00. The van der Waals surface area contributed by atoms with Crippen LogP contribution in [-0.4, -0.2) is 22.3 Å². The fourth-order valence-corrected chi connectivity index (χ4v) is 3.01. The van der Waals surface area contributed by atoms with Crippen molar-refractivity contribution in [2.24, 2.45) is 0 Å². The van der Waals surface area contributed by atoms with E-state index in [4.69, 9.17) is 4.74 Å². The first-order valence-electron chi connectivity index (χ1n) is 8.06. The van der Waals surface area contributed by atoms with E-state index in [1.165, 1.54) is 12.1 Å². The maximum Gasteiger partial charge on any atom is 0.272 e. The van der Waals surface area contributed by atoms with Gasteiger partial charge in [0.2, 0.25) is 0 Å². The third-order valence-electron chi connectivity index (χ3n) is 4.07. The van der Waals surface area contributed by atoms with Crippen LogP contribution in [0.25, 0.3) is 0 Å². The number of nitrogens with zero attached hydrogens (tertiary/aromatic N) is 2. The van der Waals surface area contributed by atoms with Crippen molar-refractivity contribution in [3.63, 3.8) is 0 Å². The molecule has 2 aromatic rings. The van der Waals surface area contributed by atoms with Crippen molar-refractivity contribution >= 4 is 5.91 Å². The molecule has 1 aliphatic heterocycles. The number of aryl methyl sites for hydroxylation is 1. The van der Waals surface area contributed by atoms with Crippen LogP contribution in [0.2, 0.25) is 0 Å². The number of carbonyl (C=O) groups is 1. The molecule has 1 aromatic carbocycles. The normalized spacial score (nSPS) is 17.1. The number of rotatable bonds is 2. The molecule has 6 heteroatoms. The number of halogens is 1. The summed E-state index contributed by atoms with van der Waals surface area (Å²) in [6.45, 7) is 8.51. The average molecular weight is 331 g/mol. The van der Waals surface area contributed by atoms with E-state index < -0.39 is 0 Å². The van der Waals surface area contributed by atoms with Gasteiger partial charge in [0.05, 0.1) is 18.2 Å². The van der Waals surface area contributed by atoms with Gasteiger partial charge >= 0.3 is 0 Å². The number of hydrogen-bond acceptors (Lipinski definition) is 3. The molecular weight excluding hydrogens is 309 g/mol. The number of fused-ring (bicyclic) bond motifs is 1. The van der Waals surface area contributed by atoms with Gasteiger partial charge < -0.3 is 10.1 Å². The van der Waals surface area contributed by atoms with Crippen LogP contribution in [0.15, 0.2) is 24.3 Å². The summed E-state index contributed by atoms with van der Waals surface area (Å²) in [5, 5.41) is 7.37. The summed E-state index contributed by atoms with van der Waals surface area (Å²) in [5.41, 5.74) is 1.76. The van der Waals surface area contributed by atoms with Gasteiger partial charge in [-0.05, 0) is 52.0 Å². The second kappa shape index (κ2) is 5.92. The predicted molar refractivity (Wildman–Crippen MR) is 88.7 cm³/mol. The summed E-state index contributed by atoms with van der Waals surface area (Å²) in [6.07, 6.45) is 0.598. The van der Waals surface area contributed by atoms with Crippen LogP contribution in [0.5, 0.6) is 5.75 Å². The summed E-state index contributed by atoms with van der Waals surface area (Å²) >= 11 is 0. The molecule has 0 radical (unpaired) electrons. The molecule has 0 saturated carbocycles. The van der Waals surface area contributed by atoms with Crippen LogP contribution in [0.3, 0.4) is 0 Å². The molecule has 0 aliphatic carbocycles. The molecule has 1 aromatic heterocycles. The van der Waals surface area contributed by atoms with E-state index in [0.29, 0.717) is 30.0 Å². The quantitative estimate of drug-likeness (QED) is 0.918. The molecule has 0 bridgehead atoms. The Bertz CT molecular complexity index is 777. The monoisotopic (exact) mass is 331 g/mol. The molecule has 1 atom stereocenters. The van der Waals surface area contributed by atoms with E-state index in [2.05, 4.69) is 10.4 Å². The summed E-state index contributed by atoms with van der Waals surface area (Å²) < 4.78 is 20.9. The minimum Gasteiger partial charge on any atom is -0.493 e. The number of nitrogens with one attached hydrogen (secondary N) is 1. The van der Waals surface area contributed by atoms with E-state index >= 15 is 0 Å². The molecule has 24 heavy (non-hydrogen) atoms. The second-order valence-electron chi connectivity index (χ2n) is 7.10. The maximum absolute atomic E-state index is 13.5. The lowest BCUT2D eigenvalue weighted by Gasteiger charge is -2.26. The Balaban J connectivity index is 1.83. The Labute approximate surface area is 140 Å². The zero-order valence-corrected chi connectivity index (χ0v) is 14.4. The van der Waals surface area contributed by atoms with Gasteiger partial charge in [-0.2, -0.15) is 5.10 Å². The Morgan fingerprint density at radius 1 is 1.38 bits per heavy atom. The van der Waals surface area contributed by atoms with Crippen LogP contribution in [-0.2, 0) is 5.54 Å². The van der Waals surface area contributed by atoms with Crippen molar-refractivity contribution in [3.05, 3.63) is 47.0 Å². The summed E-state index contributed by atoms with van der Waals surface area (Å²) in [7, 11) is 0. The predicted octanol–water partition coefficient (Wildman–Crippen LogP) is 3.34. The van der Waals surface area contributed by atoms with Gasteiger partial charge in [-0.1, -0.05) is 0 Å². The van der Waals surface area contributed by atoms with Gasteiger partial charge in [0.25, 0.3) is 5.91 Å². The van der Waals surface area contributed by atoms with Gasteiger partial charge in [0.15, 0.2) is 0 Å². The number of aromatic nitrogens is 2. The Morgan fingerprint density at radius 2 is 2.12 bits per heavy atom. The molecule has 128 valence electrons. The fraction of sp³-hybridized carbons (Fsp3) is 0.444. The summed E-state index contributed by atoms with van der Waals surface area (Å²) in [5.74, 6) is 0.0129. The number of ether oxygens (including phenoxy) is 1. The molecule has 1 amide bonds. The average Bonchev–Trinajstić information content (AvgIpc) is 2.90. The van der Waals surface area contributed by atoms with Gasteiger partial charge in [-0.25, -0.2) is 4.39 Å². The molecule has 0 spiro atoms. The molecule has 1 unspecified atom stereocenters. The molecule has 1 aliphatic rings. The van der Waals surface area contributed by atoms with E-state index in [1.54, 1.807) is 12.1 Å². The zero-order valence-electron chi connectivity index (χ0n) is 14.4. The maximum atomic E-state index is 13.5. The Hall–Kier alpha value is -2.37. The summed E-state index contributed by atoms with van der Waals surface area (Å²) in [4.78, 5) is 12.6. The molecule has 1 N–H and O–H groups in total. The first-order valence-corrected chi connectivity index (χ1v) is 8.06. The minimum absolute atomic E-state index is 0.197. The van der Waals surface area contributed by atoms with Crippen LogP contribution < -0.4 is 10.1 Å². The number of amides is 1. The fourth-order valence-electron chi connectivity index (χ4n) is 3.01. The molecule has 2 heterocycles. The van der Waals surface area contributed by atoms with Crippen molar-refractivity contribution in [1.82, 2.24) is 15.1 Å². The molecule has 0 saturated heterocycles. The van der Waals surface area contributed by atoms with E-state index in [0.717, 1.165) is 5.69 Å². The summed E-state index contributed by atoms with van der Waals surface area (Å²) in [6, 6.07) is 5.86. The van der Waals surface area contributed by atoms with Gasteiger partial charge in [-0.15, -0.1) is 0 Å². The molecular formula is C18H22FN3O2. The van der Waals surface area contributed by atoms with Crippen LogP contribution in [0.1, 0.15) is 55.0 Å². The smallest absolute Gasteiger partial charge is 0.272 e. The number of hydrogen-bond donors (Lipinski definition) is 1. The lowest BCUT2D eigenvalue weighted by Crippen LogP contribution is -2.33. The SMILES string of the molecule is Cc1cc(C(=O)NC2CCOc3ccc(F)cc32)nn1C(C)(C)C.